The summed E-state index contributed by atoms with van der Waals surface area (Å²) in [5, 5.41) is 17.2. The Morgan fingerprint density at radius 3 is 2.42 bits per heavy atom. The lowest BCUT2D eigenvalue weighted by atomic mass is 10.1. The van der Waals surface area contributed by atoms with E-state index in [2.05, 4.69) is 10.2 Å². The predicted molar refractivity (Wildman–Crippen MR) is 119 cm³/mol. The highest BCUT2D eigenvalue weighted by Gasteiger charge is 2.32. The van der Waals surface area contributed by atoms with E-state index < -0.39 is 17.6 Å². The molecule has 0 saturated carbocycles. The Bertz CT molecular complexity index is 1620. The van der Waals surface area contributed by atoms with Crippen molar-refractivity contribution in [2.75, 3.05) is 0 Å². The molecule has 0 atom stereocenters. The first-order chi connectivity index (χ1) is 17.2. The van der Waals surface area contributed by atoms with Crippen LogP contribution in [0.25, 0.3) is 33.7 Å². The van der Waals surface area contributed by atoms with Crippen molar-refractivity contribution >= 4 is 11.0 Å². The van der Waals surface area contributed by atoms with Crippen molar-refractivity contribution in [3.8, 4) is 34.3 Å². The zero-order valence-corrected chi connectivity index (χ0v) is 18.0. The molecule has 0 aliphatic heterocycles. The molecule has 1 N–H and O–H groups in total. The third-order valence-electron chi connectivity index (χ3n) is 5.15. The lowest BCUT2D eigenvalue weighted by Crippen LogP contribution is -2.05. The quantitative estimate of drug-likeness (QED) is 0.299. The van der Waals surface area contributed by atoms with E-state index in [1.54, 1.807) is 12.1 Å². The van der Waals surface area contributed by atoms with E-state index >= 15 is 0 Å². The van der Waals surface area contributed by atoms with Gasteiger partial charge < -0.3 is 18.7 Å². The highest BCUT2D eigenvalue weighted by Crippen LogP contribution is 2.33. The molecule has 7 nitrogen and oxygen atoms in total. The molecule has 182 valence electrons. The average Bonchev–Trinajstić information content (AvgIpc) is 3.31. The predicted octanol–water partition coefficient (Wildman–Crippen LogP) is 5.95. The Morgan fingerprint density at radius 1 is 0.889 bits per heavy atom. The molecule has 0 fully saturated rings. The van der Waals surface area contributed by atoms with Crippen LogP contribution in [-0.4, -0.2) is 15.3 Å². The van der Waals surface area contributed by atoms with Gasteiger partial charge in [-0.25, -0.2) is 4.39 Å². The molecule has 2 aromatic heterocycles. The molecule has 0 radical (unpaired) electrons. The minimum atomic E-state index is -4.74. The maximum absolute atomic E-state index is 13.7. The molecule has 0 spiro atoms. The highest BCUT2D eigenvalue weighted by molar-refractivity contribution is 5.80. The van der Waals surface area contributed by atoms with Crippen molar-refractivity contribution < 1.29 is 36.2 Å². The number of aromatic nitrogens is 2. The minimum absolute atomic E-state index is 0.0674. The second-order valence-electron chi connectivity index (χ2n) is 7.70. The van der Waals surface area contributed by atoms with Crippen LogP contribution in [0.15, 0.2) is 80.4 Å². The standard InChI is InChI=1S/C25H14F4N2O5/c26-16-8-14(7-15(9-16)25(27,28)29)24-31-30-23(36-24)12-34-18-5-6-19-20(33)11-21(35-22(19)10-18)13-1-3-17(32)4-2-13/h1-11,32H,12H2. The van der Waals surface area contributed by atoms with Crippen molar-refractivity contribution in [2.45, 2.75) is 12.8 Å². The topological polar surface area (TPSA) is 98.6 Å². The summed E-state index contributed by atoms with van der Waals surface area (Å²) < 4.78 is 69.3. The van der Waals surface area contributed by atoms with Gasteiger partial charge in [0.15, 0.2) is 12.0 Å². The van der Waals surface area contributed by atoms with Gasteiger partial charge in [0.25, 0.3) is 5.89 Å². The fraction of sp³-hybridized carbons (Fsp3) is 0.0800. The number of phenolic OH excluding ortho intramolecular Hbond substituents is 1. The van der Waals surface area contributed by atoms with Crippen molar-refractivity contribution in [3.63, 3.8) is 0 Å². The van der Waals surface area contributed by atoms with Crippen LogP contribution in [-0.2, 0) is 12.8 Å². The van der Waals surface area contributed by atoms with E-state index in [0.29, 0.717) is 34.6 Å². The number of hydrogen-bond acceptors (Lipinski definition) is 7. The highest BCUT2D eigenvalue weighted by atomic mass is 19.4. The number of fused-ring (bicyclic) bond motifs is 1. The second kappa shape index (κ2) is 8.84. The van der Waals surface area contributed by atoms with E-state index in [4.69, 9.17) is 13.6 Å². The van der Waals surface area contributed by atoms with E-state index in [0.717, 1.165) is 6.07 Å². The summed E-state index contributed by atoms with van der Waals surface area (Å²) in [6.45, 7) is -0.248. The molecule has 0 aliphatic carbocycles. The summed E-state index contributed by atoms with van der Waals surface area (Å²) in [5.74, 6) is -0.818. The molecule has 36 heavy (non-hydrogen) atoms. The average molecular weight is 498 g/mol. The first kappa shape index (κ1) is 23.1. The SMILES string of the molecule is O=c1cc(-c2ccc(O)cc2)oc2cc(OCc3nnc(-c4cc(F)cc(C(F)(F)F)c4)o3)ccc12. The number of ether oxygens (including phenoxy) is 1. The molecule has 2 heterocycles. The summed E-state index contributed by atoms with van der Waals surface area (Å²) >= 11 is 0. The number of alkyl halides is 3. The number of halogens is 4. The molecule has 0 saturated heterocycles. The summed E-state index contributed by atoms with van der Waals surface area (Å²) in [6.07, 6.45) is -4.74. The van der Waals surface area contributed by atoms with E-state index in [1.807, 2.05) is 0 Å². The zero-order valence-electron chi connectivity index (χ0n) is 18.0. The number of benzene rings is 3. The molecule has 11 heteroatoms. The molecular weight excluding hydrogens is 484 g/mol. The first-order valence-corrected chi connectivity index (χ1v) is 10.4. The third kappa shape index (κ3) is 4.76. The van der Waals surface area contributed by atoms with Crippen molar-refractivity contribution in [3.05, 3.63) is 94.2 Å². The van der Waals surface area contributed by atoms with Crippen molar-refractivity contribution in [2.24, 2.45) is 0 Å². The van der Waals surface area contributed by atoms with Gasteiger partial charge in [-0.3, -0.25) is 4.79 Å². The first-order valence-electron chi connectivity index (χ1n) is 10.4. The van der Waals surface area contributed by atoms with E-state index in [9.17, 15) is 27.5 Å². The fourth-order valence-electron chi connectivity index (χ4n) is 3.44. The van der Waals surface area contributed by atoms with Gasteiger partial charge in [0, 0.05) is 23.3 Å². The van der Waals surface area contributed by atoms with Gasteiger partial charge in [0.2, 0.25) is 5.89 Å². The van der Waals surface area contributed by atoms with Crippen LogP contribution >= 0.6 is 0 Å². The molecule has 5 rings (SSSR count). The van der Waals surface area contributed by atoms with Gasteiger partial charge in [-0.1, -0.05) is 0 Å². The summed E-state index contributed by atoms with van der Waals surface area (Å²) in [6, 6.07) is 13.9. The van der Waals surface area contributed by atoms with Crippen LogP contribution in [0.3, 0.4) is 0 Å². The molecule has 0 aliphatic rings. The smallest absolute Gasteiger partial charge is 0.416 e. The largest absolute Gasteiger partial charge is 0.508 e. The minimum Gasteiger partial charge on any atom is -0.508 e. The third-order valence-corrected chi connectivity index (χ3v) is 5.15. The zero-order chi connectivity index (χ0) is 25.4. The molecular formula is C25H14F4N2O5. The van der Waals surface area contributed by atoms with Crippen molar-refractivity contribution in [1.29, 1.82) is 0 Å². The molecule has 0 bridgehead atoms. The molecule has 3 aromatic carbocycles. The lowest BCUT2D eigenvalue weighted by Gasteiger charge is -2.07. The van der Waals surface area contributed by atoms with Crippen LogP contribution in [0.2, 0.25) is 0 Å². The number of aromatic hydroxyl groups is 1. The van der Waals surface area contributed by atoms with Gasteiger partial charge >= 0.3 is 6.18 Å². The van der Waals surface area contributed by atoms with Crippen molar-refractivity contribution in [1.82, 2.24) is 10.2 Å². The van der Waals surface area contributed by atoms with Crippen LogP contribution in [0.4, 0.5) is 17.6 Å². The Kier molecular flexibility index (Phi) is 5.67. The van der Waals surface area contributed by atoms with Crippen LogP contribution in [0, 0.1) is 5.82 Å². The summed E-state index contributed by atoms with van der Waals surface area (Å²) in [7, 11) is 0. The van der Waals surface area contributed by atoms with Crippen LogP contribution in [0.5, 0.6) is 11.5 Å². The van der Waals surface area contributed by atoms with Gasteiger partial charge in [0.1, 0.15) is 28.7 Å². The fourth-order valence-corrected chi connectivity index (χ4v) is 3.44. The Balaban J connectivity index is 1.37. The molecule has 0 amide bonds. The number of phenols is 1. The van der Waals surface area contributed by atoms with E-state index in [-0.39, 0.29) is 40.7 Å². The Labute approximate surface area is 199 Å². The normalized spacial score (nSPS) is 11.7. The van der Waals surface area contributed by atoms with Gasteiger partial charge in [-0.05, 0) is 54.6 Å². The number of nitrogens with zero attached hydrogens (tertiary/aromatic N) is 2. The van der Waals surface area contributed by atoms with Gasteiger partial charge in [-0.15, -0.1) is 10.2 Å². The molecule has 5 aromatic rings. The van der Waals surface area contributed by atoms with Gasteiger partial charge in [-0.2, -0.15) is 13.2 Å². The monoisotopic (exact) mass is 498 g/mol. The van der Waals surface area contributed by atoms with Crippen LogP contribution < -0.4 is 10.2 Å². The van der Waals surface area contributed by atoms with Crippen LogP contribution in [0.1, 0.15) is 11.5 Å². The Morgan fingerprint density at radius 2 is 1.67 bits per heavy atom. The summed E-state index contributed by atoms with van der Waals surface area (Å²) in [4.78, 5) is 12.5. The second-order valence-corrected chi connectivity index (χ2v) is 7.70. The lowest BCUT2D eigenvalue weighted by molar-refractivity contribution is -0.137. The van der Waals surface area contributed by atoms with Gasteiger partial charge in [0.05, 0.1) is 10.9 Å². The number of hydrogen-bond donors (Lipinski definition) is 1. The maximum Gasteiger partial charge on any atom is 0.416 e. The van der Waals surface area contributed by atoms with E-state index in [1.165, 1.54) is 36.4 Å². The maximum atomic E-state index is 13.7. The molecule has 0 unspecified atom stereocenters. The summed E-state index contributed by atoms with van der Waals surface area (Å²) in [5.41, 5.74) is -0.856. The number of rotatable bonds is 5. The Hall–Kier alpha value is -4.67.